The molecule has 5 nitrogen and oxygen atoms in total. The second-order valence-electron chi connectivity index (χ2n) is 6.40. The summed E-state index contributed by atoms with van der Waals surface area (Å²) in [6, 6.07) is 10.3. The van der Waals surface area contributed by atoms with Crippen LogP contribution in [0.1, 0.15) is 5.56 Å². The molecule has 2 heterocycles. The first-order chi connectivity index (χ1) is 12.5. The lowest BCUT2D eigenvalue weighted by Crippen LogP contribution is -2.52. The number of nitrogens with one attached hydrogen (secondary N) is 1. The molecular formula is C19H18FN3O2S. The monoisotopic (exact) mass is 371 g/mol. The molecule has 1 N–H and O–H groups in total. The third kappa shape index (κ3) is 3.10. The van der Waals surface area contributed by atoms with Gasteiger partial charge in [-0.25, -0.2) is 9.37 Å². The molecule has 2 aromatic carbocycles. The van der Waals surface area contributed by atoms with E-state index in [1.165, 1.54) is 23.5 Å². The first-order valence-corrected chi connectivity index (χ1v) is 9.11. The average molecular weight is 371 g/mol. The molecule has 3 aromatic rings. The number of thiazole rings is 1. The smallest absolute Gasteiger partial charge is 0.231 e. The van der Waals surface area contributed by atoms with Gasteiger partial charge < -0.3 is 15.0 Å². The van der Waals surface area contributed by atoms with Gasteiger partial charge in [0.05, 0.1) is 28.9 Å². The molecule has 0 radical (unpaired) electrons. The van der Waals surface area contributed by atoms with Gasteiger partial charge >= 0.3 is 0 Å². The van der Waals surface area contributed by atoms with Gasteiger partial charge in [-0.15, -0.1) is 0 Å². The Kier molecular flexibility index (Phi) is 4.24. The summed E-state index contributed by atoms with van der Waals surface area (Å²) < 4.78 is 19.4. The molecule has 4 rings (SSSR count). The van der Waals surface area contributed by atoms with Gasteiger partial charge in [0.15, 0.2) is 5.13 Å². The van der Waals surface area contributed by atoms with Crippen molar-refractivity contribution in [2.24, 2.45) is 5.92 Å². The number of hydrogen-bond acceptors (Lipinski definition) is 5. The number of hydrogen-bond donors (Lipinski definition) is 1. The molecule has 1 fully saturated rings. The number of methoxy groups -OCH3 is 1. The van der Waals surface area contributed by atoms with E-state index in [1.54, 1.807) is 13.2 Å². The molecule has 26 heavy (non-hydrogen) atoms. The molecule has 7 heteroatoms. The van der Waals surface area contributed by atoms with Gasteiger partial charge in [0.1, 0.15) is 11.6 Å². The molecule has 1 amide bonds. The van der Waals surface area contributed by atoms with Crippen molar-refractivity contribution in [3.63, 3.8) is 0 Å². The molecule has 0 unspecified atom stereocenters. The third-order valence-corrected chi connectivity index (χ3v) is 5.55. The van der Waals surface area contributed by atoms with E-state index in [0.717, 1.165) is 20.9 Å². The van der Waals surface area contributed by atoms with Crippen molar-refractivity contribution in [3.8, 4) is 5.75 Å². The van der Waals surface area contributed by atoms with E-state index in [4.69, 9.17) is 4.74 Å². The fourth-order valence-electron chi connectivity index (χ4n) is 2.98. The van der Waals surface area contributed by atoms with Crippen LogP contribution in [-0.4, -0.2) is 31.1 Å². The van der Waals surface area contributed by atoms with Crippen LogP contribution in [0.15, 0.2) is 36.4 Å². The summed E-state index contributed by atoms with van der Waals surface area (Å²) in [5, 5.41) is 3.78. The van der Waals surface area contributed by atoms with Crippen LogP contribution < -0.4 is 15.0 Å². The molecular weight excluding hydrogens is 353 g/mol. The van der Waals surface area contributed by atoms with Crippen LogP contribution in [0.4, 0.5) is 15.2 Å². The second kappa shape index (κ2) is 6.57. The number of aryl methyl sites for hydroxylation is 1. The molecule has 1 saturated heterocycles. The van der Waals surface area contributed by atoms with Crippen molar-refractivity contribution < 1.29 is 13.9 Å². The number of nitrogens with zero attached hydrogens (tertiary/aromatic N) is 2. The fourth-order valence-corrected chi connectivity index (χ4v) is 3.99. The van der Waals surface area contributed by atoms with E-state index >= 15 is 0 Å². The van der Waals surface area contributed by atoms with Gasteiger partial charge in [0, 0.05) is 13.1 Å². The first kappa shape index (κ1) is 16.8. The predicted molar refractivity (Wildman–Crippen MR) is 102 cm³/mol. The van der Waals surface area contributed by atoms with E-state index in [-0.39, 0.29) is 17.6 Å². The summed E-state index contributed by atoms with van der Waals surface area (Å²) in [4.78, 5) is 19.1. The Morgan fingerprint density at radius 3 is 2.88 bits per heavy atom. The number of benzene rings is 2. The van der Waals surface area contributed by atoms with Crippen LogP contribution in [0.25, 0.3) is 10.2 Å². The number of amides is 1. The van der Waals surface area contributed by atoms with Crippen molar-refractivity contribution in [1.82, 2.24) is 4.98 Å². The summed E-state index contributed by atoms with van der Waals surface area (Å²) in [6.07, 6.45) is 0. The molecule has 0 bridgehead atoms. The zero-order valence-electron chi connectivity index (χ0n) is 14.5. The maximum atomic E-state index is 13.3. The number of rotatable bonds is 4. The Labute approximate surface area is 154 Å². The summed E-state index contributed by atoms with van der Waals surface area (Å²) in [6.45, 7) is 3.17. The van der Waals surface area contributed by atoms with Crippen LogP contribution >= 0.6 is 11.3 Å². The Hall–Kier alpha value is -2.67. The number of ether oxygens (including phenoxy) is 1. The summed E-state index contributed by atoms with van der Waals surface area (Å²) >= 11 is 1.44. The largest absolute Gasteiger partial charge is 0.495 e. The first-order valence-electron chi connectivity index (χ1n) is 8.30. The minimum atomic E-state index is -0.263. The van der Waals surface area contributed by atoms with Gasteiger partial charge in [-0.2, -0.15) is 0 Å². The molecule has 0 aliphatic carbocycles. The van der Waals surface area contributed by atoms with Crippen LogP contribution in [0, 0.1) is 18.7 Å². The lowest BCUT2D eigenvalue weighted by Gasteiger charge is -2.38. The lowest BCUT2D eigenvalue weighted by atomic mass is 10.00. The SMILES string of the molecule is COc1ccc(C)cc1NC(=O)C1CN(c2nc3ccc(F)cc3s2)C1. The number of fused-ring (bicyclic) bond motifs is 1. The van der Waals surface area contributed by atoms with Crippen LogP contribution in [0.2, 0.25) is 0 Å². The second-order valence-corrected chi connectivity index (χ2v) is 7.41. The van der Waals surface area contributed by atoms with Crippen molar-refractivity contribution in [3.05, 3.63) is 47.8 Å². The lowest BCUT2D eigenvalue weighted by molar-refractivity contribution is -0.120. The zero-order chi connectivity index (χ0) is 18.3. The van der Waals surface area contributed by atoms with E-state index in [1.807, 2.05) is 30.0 Å². The highest BCUT2D eigenvalue weighted by molar-refractivity contribution is 7.22. The molecule has 0 spiro atoms. The van der Waals surface area contributed by atoms with E-state index < -0.39 is 0 Å². The topological polar surface area (TPSA) is 54.5 Å². The van der Waals surface area contributed by atoms with Crippen molar-refractivity contribution in [2.75, 3.05) is 30.4 Å². The fraction of sp³-hybridized carbons (Fsp3) is 0.263. The molecule has 134 valence electrons. The number of aromatic nitrogens is 1. The van der Waals surface area contributed by atoms with Gasteiger partial charge in [-0.3, -0.25) is 4.79 Å². The molecule has 0 atom stereocenters. The molecule has 1 aliphatic heterocycles. The van der Waals surface area contributed by atoms with Crippen molar-refractivity contribution >= 4 is 38.3 Å². The summed E-state index contributed by atoms with van der Waals surface area (Å²) in [7, 11) is 1.58. The van der Waals surface area contributed by atoms with Crippen molar-refractivity contribution in [2.45, 2.75) is 6.92 Å². The number of carbonyl (C=O) groups excluding carboxylic acids is 1. The maximum Gasteiger partial charge on any atom is 0.231 e. The highest BCUT2D eigenvalue weighted by atomic mass is 32.1. The quantitative estimate of drug-likeness (QED) is 0.757. The molecule has 1 aliphatic rings. The van der Waals surface area contributed by atoms with Crippen LogP contribution in [0.5, 0.6) is 5.75 Å². The Morgan fingerprint density at radius 2 is 2.12 bits per heavy atom. The Bertz CT molecular complexity index is 982. The van der Waals surface area contributed by atoms with Crippen molar-refractivity contribution in [1.29, 1.82) is 0 Å². The summed E-state index contributed by atoms with van der Waals surface area (Å²) in [5.41, 5.74) is 2.52. The highest BCUT2D eigenvalue weighted by Gasteiger charge is 2.34. The van der Waals surface area contributed by atoms with Gasteiger partial charge in [0.25, 0.3) is 0 Å². The van der Waals surface area contributed by atoms with E-state index in [2.05, 4.69) is 10.3 Å². The van der Waals surface area contributed by atoms with Crippen LogP contribution in [0.3, 0.4) is 0 Å². The predicted octanol–water partition coefficient (Wildman–Crippen LogP) is 3.83. The van der Waals surface area contributed by atoms with Crippen LogP contribution in [-0.2, 0) is 4.79 Å². The number of carbonyl (C=O) groups is 1. The normalized spacial score (nSPS) is 14.3. The maximum absolute atomic E-state index is 13.3. The average Bonchev–Trinajstić information content (AvgIpc) is 2.96. The Morgan fingerprint density at radius 1 is 1.31 bits per heavy atom. The minimum absolute atomic E-state index is 0.0303. The van der Waals surface area contributed by atoms with E-state index in [9.17, 15) is 9.18 Å². The van der Waals surface area contributed by atoms with Gasteiger partial charge in [0.2, 0.25) is 5.91 Å². The van der Waals surface area contributed by atoms with Gasteiger partial charge in [-0.05, 0) is 42.8 Å². The third-order valence-electron chi connectivity index (χ3n) is 4.47. The summed E-state index contributed by atoms with van der Waals surface area (Å²) in [5.74, 6) is 0.246. The molecule has 1 aromatic heterocycles. The zero-order valence-corrected chi connectivity index (χ0v) is 15.3. The van der Waals surface area contributed by atoms with Gasteiger partial charge in [-0.1, -0.05) is 17.4 Å². The minimum Gasteiger partial charge on any atom is -0.495 e. The molecule has 0 saturated carbocycles. The number of anilines is 2. The highest BCUT2D eigenvalue weighted by Crippen LogP contribution is 2.34. The number of halogens is 1. The Balaban J connectivity index is 1.42. The standard InChI is InChI=1S/C19H18FN3O2S/c1-11-3-6-16(25-2)15(7-11)21-18(24)12-9-23(10-12)19-22-14-5-4-13(20)8-17(14)26-19/h3-8,12H,9-10H2,1-2H3,(H,21,24). The van der Waals surface area contributed by atoms with E-state index in [0.29, 0.717) is 24.5 Å².